The Labute approximate surface area is 96.2 Å². The molecular formula is C11H14N2O2S. The molecule has 1 rings (SSSR count). The average Bonchev–Trinajstić information content (AvgIpc) is 2.17. The standard InChI is InChI=1S/C11H14N2O2S/c1-10-4-3-5-11(8-10)9-13(2)16(14,15)7-6-12/h3-5,8H,7,9H2,1-2H3. The molecule has 0 fully saturated rings. The van der Waals surface area contributed by atoms with Gasteiger partial charge in [-0.1, -0.05) is 29.8 Å². The first-order valence-electron chi connectivity index (χ1n) is 4.82. The van der Waals surface area contributed by atoms with Crippen LogP contribution >= 0.6 is 0 Å². The second-order valence-corrected chi connectivity index (χ2v) is 5.74. The summed E-state index contributed by atoms with van der Waals surface area (Å²) in [4.78, 5) is 0. The molecular weight excluding hydrogens is 224 g/mol. The van der Waals surface area contributed by atoms with Crippen molar-refractivity contribution >= 4 is 10.0 Å². The van der Waals surface area contributed by atoms with Gasteiger partial charge in [-0.05, 0) is 12.5 Å². The molecule has 86 valence electrons. The molecule has 0 bridgehead atoms. The number of nitrogens with zero attached hydrogens (tertiary/aromatic N) is 2. The summed E-state index contributed by atoms with van der Waals surface area (Å²) >= 11 is 0. The van der Waals surface area contributed by atoms with Crippen molar-refractivity contribution in [1.29, 1.82) is 5.26 Å². The lowest BCUT2D eigenvalue weighted by atomic mass is 10.1. The summed E-state index contributed by atoms with van der Waals surface area (Å²) in [6, 6.07) is 9.29. The molecule has 0 unspecified atom stereocenters. The SMILES string of the molecule is Cc1cccc(CN(C)S(=O)(=O)CC#N)c1. The topological polar surface area (TPSA) is 61.2 Å². The van der Waals surface area contributed by atoms with E-state index in [0.717, 1.165) is 11.1 Å². The molecule has 1 aromatic rings. The maximum atomic E-state index is 11.5. The molecule has 0 aliphatic carbocycles. The quantitative estimate of drug-likeness (QED) is 0.793. The maximum absolute atomic E-state index is 11.5. The van der Waals surface area contributed by atoms with Crippen molar-refractivity contribution in [3.8, 4) is 6.07 Å². The van der Waals surface area contributed by atoms with E-state index in [1.807, 2.05) is 31.2 Å². The van der Waals surface area contributed by atoms with Crippen LogP contribution in [0.5, 0.6) is 0 Å². The zero-order valence-corrected chi connectivity index (χ0v) is 10.2. The Morgan fingerprint density at radius 1 is 1.44 bits per heavy atom. The largest absolute Gasteiger partial charge is 0.227 e. The predicted molar refractivity (Wildman–Crippen MR) is 62.0 cm³/mol. The van der Waals surface area contributed by atoms with Gasteiger partial charge in [0.2, 0.25) is 10.0 Å². The third-order valence-corrected chi connectivity index (χ3v) is 3.78. The van der Waals surface area contributed by atoms with E-state index in [1.54, 1.807) is 6.07 Å². The van der Waals surface area contributed by atoms with Gasteiger partial charge in [-0.3, -0.25) is 0 Å². The van der Waals surface area contributed by atoms with E-state index >= 15 is 0 Å². The first-order valence-corrected chi connectivity index (χ1v) is 6.43. The molecule has 0 saturated heterocycles. The highest BCUT2D eigenvalue weighted by atomic mass is 32.2. The van der Waals surface area contributed by atoms with Crippen LogP contribution in [-0.2, 0) is 16.6 Å². The van der Waals surface area contributed by atoms with Crippen LogP contribution in [0.25, 0.3) is 0 Å². The summed E-state index contributed by atoms with van der Waals surface area (Å²) in [5.74, 6) is -0.477. The summed E-state index contributed by atoms with van der Waals surface area (Å²) < 4.78 is 24.2. The molecule has 0 atom stereocenters. The zero-order valence-electron chi connectivity index (χ0n) is 9.34. The van der Waals surface area contributed by atoms with Gasteiger partial charge in [0.15, 0.2) is 5.75 Å². The number of hydrogen-bond acceptors (Lipinski definition) is 3. The average molecular weight is 238 g/mol. The molecule has 0 aliphatic rings. The molecule has 0 aromatic heterocycles. The fraction of sp³-hybridized carbons (Fsp3) is 0.364. The summed E-state index contributed by atoms with van der Waals surface area (Å²) in [7, 11) is -1.97. The predicted octanol–water partition coefficient (Wildman–Crippen LogP) is 1.28. The van der Waals surface area contributed by atoms with Gasteiger partial charge in [0.25, 0.3) is 0 Å². The Bertz CT molecular complexity index is 503. The van der Waals surface area contributed by atoms with Crippen LogP contribution in [0.2, 0.25) is 0 Å². The highest BCUT2D eigenvalue weighted by Crippen LogP contribution is 2.09. The molecule has 0 saturated carbocycles. The number of hydrogen-bond donors (Lipinski definition) is 0. The third-order valence-electron chi connectivity index (χ3n) is 2.21. The van der Waals surface area contributed by atoms with Crippen molar-refractivity contribution in [2.24, 2.45) is 0 Å². The zero-order chi connectivity index (χ0) is 12.2. The number of benzene rings is 1. The number of sulfonamides is 1. The van der Waals surface area contributed by atoms with E-state index < -0.39 is 15.8 Å². The Morgan fingerprint density at radius 2 is 2.12 bits per heavy atom. The van der Waals surface area contributed by atoms with Gasteiger partial charge in [-0.25, -0.2) is 8.42 Å². The van der Waals surface area contributed by atoms with Gasteiger partial charge in [0.1, 0.15) is 0 Å². The van der Waals surface area contributed by atoms with Crippen LogP contribution in [-0.4, -0.2) is 25.5 Å². The first-order chi connectivity index (χ1) is 7.45. The molecule has 0 amide bonds. The minimum Gasteiger partial charge on any atom is -0.211 e. The lowest BCUT2D eigenvalue weighted by Crippen LogP contribution is -2.28. The molecule has 16 heavy (non-hydrogen) atoms. The Hall–Kier alpha value is -1.38. The number of rotatable bonds is 4. The summed E-state index contributed by atoms with van der Waals surface area (Å²) in [6.45, 7) is 2.25. The lowest BCUT2D eigenvalue weighted by molar-refractivity contribution is 0.469. The molecule has 0 spiro atoms. The van der Waals surface area contributed by atoms with Crippen LogP contribution in [0.4, 0.5) is 0 Å². The van der Waals surface area contributed by atoms with Crippen LogP contribution in [0.15, 0.2) is 24.3 Å². The van der Waals surface area contributed by atoms with E-state index in [1.165, 1.54) is 11.4 Å². The van der Waals surface area contributed by atoms with E-state index in [2.05, 4.69) is 0 Å². The Kier molecular flexibility index (Phi) is 4.05. The second-order valence-electron chi connectivity index (χ2n) is 3.66. The van der Waals surface area contributed by atoms with Crippen molar-refractivity contribution in [3.63, 3.8) is 0 Å². The van der Waals surface area contributed by atoms with Gasteiger partial charge in [0.05, 0.1) is 6.07 Å². The van der Waals surface area contributed by atoms with Gasteiger partial charge in [-0.15, -0.1) is 0 Å². The van der Waals surface area contributed by atoms with Crippen molar-refractivity contribution in [2.45, 2.75) is 13.5 Å². The summed E-state index contributed by atoms with van der Waals surface area (Å²) in [6.07, 6.45) is 0. The molecule has 4 nitrogen and oxygen atoms in total. The van der Waals surface area contributed by atoms with Crippen LogP contribution < -0.4 is 0 Å². The van der Waals surface area contributed by atoms with E-state index in [-0.39, 0.29) is 0 Å². The van der Waals surface area contributed by atoms with Gasteiger partial charge in [-0.2, -0.15) is 9.57 Å². The van der Waals surface area contributed by atoms with Gasteiger partial charge in [0, 0.05) is 13.6 Å². The highest BCUT2D eigenvalue weighted by Gasteiger charge is 2.17. The maximum Gasteiger partial charge on any atom is 0.227 e. The summed E-state index contributed by atoms with van der Waals surface area (Å²) in [5.41, 5.74) is 2.01. The van der Waals surface area contributed by atoms with E-state index in [0.29, 0.717) is 6.54 Å². The fourth-order valence-electron chi connectivity index (χ4n) is 1.36. The van der Waals surface area contributed by atoms with Crippen molar-refractivity contribution < 1.29 is 8.42 Å². The van der Waals surface area contributed by atoms with Crippen molar-refractivity contribution in [2.75, 3.05) is 12.8 Å². The molecule has 0 radical (unpaired) electrons. The highest BCUT2D eigenvalue weighted by molar-refractivity contribution is 7.89. The van der Waals surface area contributed by atoms with Crippen LogP contribution in [0.1, 0.15) is 11.1 Å². The number of nitriles is 1. The molecule has 1 aromatic carbocycles. The molecule has 0 aliphatic heterocycles. The molecule has 0 N–H and O–H groups in total. The second kappa shape index (κ2) is 5.10. The Morgan fingerprint density at radius 3 is 2.69 bits per heavy atom. The van der Waals surface area contributed by atoms with Gasteiger partial charge >= 0.3 is 0 Å². The fourth-order valence-corrected chi connectivity index (χ4v) is 2.09. The molecule has 5 heteroatoms. The third kappa shape index (κ3) is 3.33. The lowest BCUT2D eigenvalue weighted by Gasteiger charge is -2.15. The normalized spacial score (nSPS) is 11.4. The van der Waals surface area contributed by atoms with Gasteiger partial charge < -0.3 is 0 Å². The first kappa shape index (κ1) is 12.7. The monoisotopic (exact) mass is 238 g/mol. The smallest absolute Gasteiger partial charge is 0.211 e. The van der Waals surface area contributed by atoms with Crippen LogP contribution in [0, 0.1) is 18.3 Å². The van der Waals surface area contributed by atoms with E-state index in [4.69, 9.17) is 5.26 Å². The van der Waals surface area contributed by atoms with Crippen LogP contribution in [0.3, 0.4) is 0 Å². The number of aryl methyl sites for hydroxylation is 1. The Balaban J connectivity index is 2.80. The van der Waals surface area contributed by atoms with Crippen molar-refractivity contribution in [3.05, 3.63) is 35.4 Å². The minimum absolute atomic E-state index is 0.297. The minimum atomic E-state index is -3.45. The van der Waals surface area contributed by atoms with Crippen molar-refractivity contribution in [1.82, 2.24) is 4.31 Å². The molecule has 0 heterocycles. The van der Waals surface area contributed by atoms with E-state index in [9.17, 15) is 8.42 Å². The summed E-state index contributed by atoms with van der Waals surface area (Å²) in [5, 5.41) is 8.41.